The van der Waals surface area contributed by atoms with Crippen LogP contribution in [0.3, 0.4) is 0 Å². The smallest absolute Gasteiger partial charge is 0.228 e. The van der Waals surface area contributed by atoms with Gasteiger partial charge in [0, 0.05) is 24.9 Å². The number of carbonyl (C=O) groups is 1. The third-order valence-corrected chi connectivity index (χ3v) is 2.95. The first-order valence-electron chi connectivity index (χ1n) is 6.96. The summed E-state index contributed by atoms with van der Waals surface area (Å²) in [7, 11) is 1.62. The maximum atomic E-state index is 11.3. The van der Waals surface area contributed by atoms with Crippen molar-refractivity contribution in [3.05, 3.63) is 30.2 Å². The zero-order valence-corrected chi connectivity index (χ0v) is 12.3. The van der Waals surface area contributed by atoms with Gasteiger partial charge in [-0.25, -0.2) is 0 Å². The number of nitrogens with zero attached hydrogens (tertiary/aromatic N) is 2. The predicted octanol–water partition coefficient (Wildman–Crippen LogP) is 2.20. The molecule has 1 aromatic carbocycles. The molecule has 0 unspecified atom stereocenters. The van der Waals surface area contributed by atoms with Crippen molar-refractivity contribution in [1.82, 2.24) is 15.5 Å². The Balaban J connectivity index is 1.90. The number of hydrogen-bond acceptors (Lipinski definition) is 5. The fourth-order valence-corrected chi connectivity index (χ4v) is 1.84. The number of rotatable bonds is 7. The van der Waals surface area contributed by atoms with Gasteiger partial charge in [0.05, 0.1) is 7.11 Å². The maximum Gasteiger partial charge on any atom is 0.228 e. The summed E-state index contributed by atoms with van der Waals surface area (Å²) in [6.07, 6.45) is 1.91. The van der Waals surface area contributed by atoms with Gasteiger partial charge in [0.2, 0.25) is 17.6 Å². The Labute approximate surface area is 123 Å². The van der Waals surface area contributed by atoms with E-state index in [1.54, 1.807) is 7.11 Å². The number of methoxy groups -OCH3 is 1. The molecule has 0 aliphatic heterocycles. The lowest BCUT2D eigenvalue weighted by Gasteiger charge is -2.00. The molecule has 0 bridgehead atoms. The number of carbonyl (C=O) groups excluding carboxylic acids is 1. The summed E-state index contributed by atoms with van der Waals surface area (Å²) < 4.78 is 10.3. The number of nitrogens with one attached hydrogen (secondary N) is 1. The second kappa shape index (κ2) is 7.42. The van der Waals surface area contributed by atoms with E-state index in [1.807, 2.05) is 31.2 Å². The molecule has 1 aromatic heterocycles. The van der Waals surface area contributed by atoms with Gasteiger partial charge in [-0.15, -0.1) is 0 Å². The number of amides is 1. The molecule has 1 amide bonds. The lowest BCUT2D eigenvalue weighted by molar-refractivity contribution is -0.121. The second-order valence-corrected chi connectivity index (χ2v) is 4.59. The van der Waals surface area contributed by atoms with E-state index in [0.717, 1.165) is 17.7 Å². The molecular weight excluding hydrogens is 270 g/mol. The Morgan fingerprint density at radius 2 is 2.10 bits per heavy atom. The number of ether oxygens (including phenoxy) is 1. The van der Waals surface area contributed by atoms with Gasteiger partial charge in [-0.1, -0.05) is 12.1 Å². The third-order valence-electron chi connectivity index (χ3n) is 2.95. The van der Waals surface area contributed by atoms with Crippen molar-refractivity contribution in [3.63, 3.8) is 0 Å². The summed E-state index contributed by atoms with van der Waals surface area (Å²) in [5, 5.41) is 6.75. The molecule has 2 aromatic rings. The van der Waals surface area contributed by atoms with E-state index >= 15 is 0 Å². The van der Waals surface area contributed by atoms with Crippen molar-refractivity contribution < 1.29 is 14.1 Å². The van der Waals surface area contributed by atoms with Gasteiger partial charge in [0.15, 0.2) is 0 Å². The summed E-state index contributed by atoms with van der Waals surface area (Å²) >= 11 is 0. The summed E-state index contributed by atoms with van der Waals surface area (Å²) in [4.78, 5) is 15.6. The minimum Gasteiger partial charge on any atom is -0.497 e. The number of aromatic nitrogens is 2. The number of hydrogen-bond donors (Lipinski definition) is 1. The van der Waals surface area contributed by atoms with Gasteiger partial charge in [0.25, 0.3) is 0 Å². The molecule has 0 atom stereocenters. The molecule has 21 heavy (non-hydrogen) atoms. The van der Waals surface area contributed by atoms with E-state index in [4.69, 9.17) is 9.26 Å². The van der Waals surface area contributed by atoms with Crippen molar-refractivity contribution >= 4 is 5.91 Å². The molecule has 0 radical (unpaired) electrons. The minimum atomic E-state index is 0.0485. The van der Waals surface area contributed by atoms with Crippen LogP contribution in [0.15, 0.2) is 28.8 Å². The summed E-state index contributed by atoms with van der Waals surface area (Å²) in [5.41, 5.74) is 0.862. The Morgan fingerprint density at radius 1 is 1.33 bits per heavy atom. The van der Waals surface area contributed by atoms with E-state index in [2.05, 4.69) is 15.5 Å². The Bertz CT molecular complexity index is 578. The van der Waals surface area contributed by atoms with Crippen LogP contribution in [0.4, 0.5) is 0 Å². The molecule has 0 aliphatic rings. The quantitative estimate of drug-likeness (QED) is 0.845. The molecule has 0 spiro atoms. The van der Waals surface area contributed by atoms with E-state index in [1.165, 1.54) is 0 Å². The topological polar surface area (TPSA) is 77.2 Å². The summed E-state index contributed by atoms with van der Waals surface area (Å²) in [5.74, 6) is 1.87. The van der Waals surface area contributed by atoms with Gasteiger partial charge >= 0.3 is 0 Å². The molecule has 6 nitrogen and oxygen atoms in total. The van der Waals surface area contributed by atoms with Crippen molar-refractivity contribution in [2.75, 3.05) is 13.7 Å². The fourth-order valence-electron chi connectivity index (χ4n) is 1.84. The van der Waals surface area contributed by atoms with Crippen LogP contribution >= 0.6 is 0 Å². The molecule has 2 rings (SSSR count). The Morgan fingerprint density at radius 3 is 2.76 bits per heavy atom. The van der Waals surface area contributed by atoms with Crippen LogP contribution in [0.1, 0.15) is 25.7 Å². The van der Waals surface area contributed by atoms with Crippen LogP contribution in [0.25, 0.3) is 11.4 Å². The van der Waals surface area contributed by atoms with Crippen LogP contribution in [0, 0.1) is 0 Å². The zero-order valence-electron chi connectivity index (χ0n) is 12.3. The highest BCUT2D eigenvalue weighted by molar-refractivity contribution is 5.75. The standard InChI is InChI=1S/C15H19N3O3/c1-3-4-13(19)16-10-9-14-17-15(18-21-14)11-5-7-12(20-2)8-6-11/h5-8H,3-4,9-10H2,1-2H3,(H,16,19). The van der Waals surface area contributed by atoms with Gasteiger partial charge in [-0.05, 0) is 30.7 Å². The van der Waals surface area contributed by atoms with E-state index < -0.39 is 0 Å². The van der Waals surface area contributed by atoms with Crippen molar-refractivity contribution in [3.8, 4) is 17.1 Å². The van der Waals surface area contributed by atoms with Crippen LogP contribution < -0.4 is 10.1 Å². The SMILES string of the molecule is CCCC(=O)NCCc1nc(-c2ccc(OC)cc2)no1. The molecule has 6 heteroatoms. The van der Waals surface area contributed by atoms with Gasteiger partial charge < -0.3 is 14.6 Å². The first-order chi connectivity index (χ1) is 10.2. The molecule has 1 heterocycles. The zero-order chi connectivity index (χ0) is 15.1. The average Bonchev–Trinajstić information content (AvgIpc) is 2.96. The van der Waals surface area contributed by atoms with Crippen molar-refractivity contribution in [2.45, 2.75) is 26.2 Å². The molecular formula is C15H19N3O3. The molecule has 1 N–H and O–H groups in total. The van der Waals surface area contributed by atoms with Crippen LogP contribution in [-0.2, 0) is 11.2 Å². The maximum absolute atomic E-state index is 11.3. The van der Waals surface area contributed by atoms with E-state index in [0.29, 0.717) is 31.1 Å². The minimum absolute atomic E-state index is 0.0485. The lowest BCUT2D eigenvalue weighted by Crippen LogP contribution is -2.25. The molecule has 0 saturated heterocycles. The van der Waals surface area contributed by atoms with E-state index in [-0.39, 0.29) is 5.91 Å². The molecule has 0 fully saturated rings. The first kappa shape index (κ1) is 15.0. The van der Waals surface area contributed by atoms with Gasteiger partial charge in [0.1, 0.15) is 5.75 Å². The monoisotopic (exact) mass is 289 g/mol. The first-order valence-corrected chi connectivity index (χ1v) is 6.96. The van der Waals surface area contributed by atoms with Crippen molar-refractivity contribution in [1.29, 1.82) is 0 Å². The summed E-state index contributed by atoms with van der Waals surface area (Å²) in [6.45, 7) is 2.47. The molecule has 0 saturated carbocycles. The van der Waals surface area contributed by atoms with Crippen LogP contribution in [0.5, 0.6) is 5.75 Å². The van der Waals surface area contributed by atoms with Gasteiger partial charge in [-0.2, -0.15) is 4.98 Å². The van der Waals surface area contributed by atoms with Crippen LogP contribution in [-0.4, -0.2) is 29.7 Å². The van der Waals surface area contributed by atoms with E-state index in [9.17, 15) is 4.79 Å². The highest BCUT2D eigenvalue weighted by Crippen LogP contribution is 2.19. The largest absolute Gasteiger partial charge is 0.497 e. The molecule has 112 valence electrons. The van der Waals surface area contributed by atoms with Crippen molar-refractivity contribution in [2.24, 2.45) is 0 Å². The highest BCUT2D eigenvalue weighted by Gasteiger charge is 2.09. The Hall–Kier alpha value is -2.37. The number of benzene rings is 1. The lowest BCUT2D eigenvalue weighted by atomic mass is 10.2. The predicted molar refractivity (Wildman–Crippen MR) is 77.9 cm³/mol. The second-order valence-electron chi connectivity index (χ2n) is 4.59. The van der Waals surface area contributed by atoms with Crippen LogP contribution in [0.2, 0.25) is 0 Å². The highest BCUT2D eigenvalue weighted by atomic mass is 16.5. The Kier molecular flexibility index (Phi) is 5.31. The third kappa shape index (κ3) is 4.30. The normalized spacial score (nSPS) is 10.4. The average molecular weight is 289 g/mol. The fraction of sp³-hybridized carbons (Fsp3) is 0.400. The molecule has 0 aliphatic carbocycles. The van der Waals surface area contributed by atoms with Gasteiger partial charge in [-0.3, -0.25) is 4.79 Å². The summed E-state index contributed by atoms with van der Waals surface area (Å²) in [6, 6.07) is 7.43.